The van der Waals surface area contributed by atoms with E-state index in [9.17, 15) is 4.79 Å². The maximum atomic E-state index is 12.1. The van der Waals surface area contributed by atoms with Crippen molar-refractivity contribution in [2.75, 3.05) is 19.0 Å². The monoisotopic (exact) mass is 368 g/mol. The van der Waals surface area contributed by atoms with Gasteiger partial charge in [-0.1, -0.05) is 31.2 Å². The Morgan fingerprint density at radius 2 is 1.96 bits per heavy atom. The van der Waals surface area contributed by atoms with E-state index in [1.165, 1.54) is 16.9 Å². The number of aryl methyl sites for hydroxylation is 1. The zero-order valence-electron chi connectivity index (χ0n) is 14.7. The van der Waals surface area contributed by atoms with E-state index >= 15 is 0 Å². The maximum absolute atomic E-state index is 12.1. The molecule has 1 aromatic heterocycles. The molecule has 0 aliphatic carbocycles. The van der Waals surface area contributed by atoms with E-state index in [2.05, 4.69) is 17.2 Å². The number of hydrogen-bond donors (Lipinski definition) is 1. The van der Waals surface area contributed by atoms with Crippen LogP contribution in [0.15, 0.2) is 53.9 Å². The molecular weight excluding hydrogens is 348 g/mol. The lowest BCUT2D eigenvalue weighted by atomic mass is 10.2. The highest BCUT2D eigenvalue weighted by atomic mass is 32.1. The minimum Gasteiger partial charge on any atom is -0.497 e. The Morgan fingerprint density at radius 3 is 2.69 bits per heavy atom. The van der Waals surface area contributed by atoms with Crippen molar-refractivity contribution in [1.29, 1.82) is 0 Å². The number of thiazole rings is 1. The number of anilines is 1. The molecule has 2 aromatic carbocycles. The summed E-state index contributed by atoms with van der Waals surface area (Å²) in [5.41, 5.74) is 2.96. The molecule has 6 heteroatoms. The van der Waals surface area contributed by atoms with Gasteiger partial charge in [-0.3, -0.25) is 10.1 Å². The number of nitrogens with zero attached hydrogens (tertiary/aromatic N) is 1. The fourth-order valence-electron chi connectivity index (χ4n) is 2.37. The highest BCUT2D eigenvalue weighted by Crippen LogP contribution is 2.27. The molecule has 0 saturated heterocycles. The van der Waals surface area contributed by atoms with Crippen LogP contribution in [0.3, 0.4) is 0 Å². The molecule has 0 radical (unpaired) electrons. The van der Waals surface area contributed by atoms with E-state index in [0.29, 0.717) is 10.9 Å². The van der Waals surface area contributed by atoms with Gasteiger partial charge in [0.15, 0.2) is 11.7 Å². The molecule has 1 amide bonds. The standard InChI is InChI=1S/C20H20N2O3S/c1-3-14-7-9-16(10-8-14)25-12-19(23)22-20-21-18(13-26-20)15-5-4-6-17(11-15)24-2/h4-11,13H,3,12H2,1-2H3,(H,21,22,23). The third-order valence-electron chi connectivity index (χ3n) is 3.82. The molecule has 5 nitrogen and oxygen atoms in total. The molecule has 1 N–H and O–H groups in total. The summed E-state index contributed by atoms with van der Waals surface area (Å²) in [5.74, 6) is 1.20. The summed E-state index contributed by atoms with van der Waals surface area (Å²) < 4.78 is 10.7. The number of nitrogens with one attached hydrogen (secondary N) is 1. The quantitative estimate of drug-likeness (QED) is 0.671. The van der Waals surface area contributed by atoms with Crippen LogP contribution in [0.1, 0.15) is 12.5 Å². The number of ether oxygens (including phenoxy) is 2. The summed E-state index contributed by atoms with van der Waals surface area (Å²) in [7, 11) is 1.63. The first kappa shape index (κ1) is 17.9. The first-order valence-corrected chi connectivity index (χ1v) is 9.17. The van der Waals surface area contributed by atoms with Crippen molar-refractivity contribution in [1.82, 2.24) is 4.98 Å². The fraction of sp³-hybridized carbons (Fsp3) is 0.200. The molecular formula is C20H20N2O3S. The predicted molar refractivity (Wildman–Crippen MR) is 104 cm³/mol. The highest BCUT2D eigenvalue weighted by Gasteiger charge is 2.09. The van der Waals surface area contributed by atoms with E-state index in [1.807, 2.05) is 53.9 Å². The van der Waals surface area contributed by atoms with Crippen molar-refractivity contribution in [3.8, 4) is 22.8 Å². The number of methoxy groups -OCH3 is 1. The molecule has 26 heavy (non-hydrogen) atoms. The molecule has 0 atom stereocenters. The summed E-state index contributed by atoms with van der Waals surface area (Å²) in [4.78, 5) is 16.5. The van der Waals surface area contributed by atoms with Crippen molar-refractivity contribution in [3.05, 3.63) is 59.5 Å². The average molecular weight is 368 g/mol. The van der Waals surface area contributed by atoms with E-state index in [4.69, 9.17) is 9.47 Å². The van der Waals surface area contributed by atoms with Gasteiger partial charge >= 0.3 is 0 Å². The minimum atomic E-state index is -0.240. The minimum absolute atomic E-state index is 0.0560. The van der Waals surface area contributed by atoms with Crippen molar-refractivity contribution in [2.24, 2.45) is 0 Å². The van der Waals surface area contributed by atoms with Crippen LogP contribution in [-0.4, -0.2) is 24.6 Å². The number of hydrogen-bond acceptors (Lipinski definition) is 5. The second-order valence-electron chi connectivity index (χ2n) is 5.60. The number of amides is 1. The van der Waals surface area contributed by atoms with E-state index in [0.717, 1.165) is 23.4 Å². The van der Waals surface area contributed by atoms with Crippen LogP contribution in [0.5, 0.6) is 11.5 Å². The SMILES string of the molecule is CCc1ccc(OCC(=O)Nc2nc(-c3cccc(OC)c3)cs2)cc1. The summed E-state index contributed by atoms with van der Waals surface area (Å²) in [6.45, 7) is 2.04. The molecule has 0 fully saturated rings. The molecule has 3 aromatic rings. The fourth-order valence-corrected chi connectivity index (χ4v) is 3.11. The lowest BCUT2D eigenvalue weighted by molar-refractivity contribution is -0.118. The number of aromatic nitrogens is 1. The summed E-state index contributed by atoms with van der Waals surface area (Å²) in [6, 6.07) is 15.4. The zero-order valence-corrected chi connectivity index (χ0v) is 15.5. The van der Waals surface area contributed by atoms with E-state index < -0.39 is 0 Å². The van der Waals surface area contributed by atoms with Crippen molar-refractivity contribution < 1.29 is 14.3 Å². The second-order valence-corrected chi connectivity index (χ2v) is 6.46. The lowest BCUT2D eigenvalue weighted by Crippen LogP contribution is -2.20. The Balaban J connectivity index is 1.56. The Morgan fingerprint density at radius 1 is 1.15 bits per heavy atom. The van der Waals surface area contributed by atoms with Crippen molar-refractivity contribution in [3.63, 3.8) is 0 Å². The number of carbonyl (C=O) groups excluding carboxylic acids is 1. The molecule has 3 rings (SSSR count). The van der Waals surface area contributed by atoms with Gasteiger partial charge in [0.25, 0.3) is 5.91 Å². The van der Waals surface area contributed by atoms with Crippen LogP contribution in [0, 0.1) is 0 Å². The highest BCUT2D eigenvalue weighted by molar-refractivity contribution is 7.14. The van der Waals surface area contributed by atoms with Crippen molar-refractivity contribution in [2.45, 2.75) is 13.3 Å². The number of benzene rings is 2. The lowest BCUT2D eigenvalue weighted by Gasteiger charge is -2.06. The van der Waals surface area contributed by atoms with Crippen molar-refractivity contribution >= 4 is 22.4 Å². The van der Waals surface area contributed by atoms with Gasteiger partial charge in [-0.2, -0.15) is 0 Å². The van der Waals surface area contributed by atoms with Crippen LogP contribution < -0.4 is 14.8 Å². The van der Waals surface area contributed by atoms with Gasteiger partial charge in [0.1, 0.15) is 11.5 Å². The predicted octanol–water partition coefficient (Wildman–Crippen LogP) is 4.40. The topological polar surface area (TPSA) is 60.5 Å². The van der Waals surface area contributed by atoms with Gasteiger partial charge in [0, 0.05) is 10.9 Å². The maximum Gasteiger partial charge on any atom is 0.264 e. The summed E-state index contributed by atoms with van der Waals surface area (Å²) >= 11 is 1.37. The Labute approximate surface area is 156 Å². The molecule has 0 aliphatic heterocycles. The molecule has 0 aliphatic rings. The van der Waals surface area contributed by atoms with E-state index in [-0.39, 0.29) is 12.5 Å². The van der Waals surface area contributed by atoms with Crippen LogP contribution in [0.25, 0.3) is 11.3 Å². The molecule has 0 spiro atoms. The first-order chi connectivity index (χ1) is 12.7. The van der Waals surface area contributed by atoms with Gasteiger partial charge in [-0.25, -0.2) is 4.98 Å². The normalized spacial score (nSPS) is 10.4. The second kappa shape index (κ2) is 8.49. The number of carbonyl (C=O) groups is 1. The Hall–Kier alpha value is -2.86. The molecule has 1 heterocycles. The van der Waals surface area contributed by atoms with Gasteiger partial charge in [-0.05, 0) is 36.2 Å². The third kappa shape index (κ3) is 4.61. The van der Waals surface area contributed by atoms with Gasteiger partial charge in [-0.15, -0.1) is 11.3 Å². The van der Waals surface area contributed by atoms with Gasteiger partial charge in [0.05, 0.1) is 12.8 Å². The Bertz CT molecular complexity index is 875. The Kier molecular flexibility index (Phi) is 5.86. The summed E-state index contributed by atoms with van der Waals surface area (Å²) in [5, 5.41) is 5.20. The molecule has 0 saturated carbocycles. The van der Waals surface area contributed by atoms with E-state index in [1.54, 1.807) is 7.11 Å². The average Bonchev–Trinajstić information content (AvgIpc) is 3.15. The van der Waals surface area contributed by atoms with Crippen LogP contribution >= 0.6 is 11.3 Å². The van der Waals surface area contributed by atoms with Gasteiger partial charge in [0.2, 0.25) is 0 Å². The zero-order chi connectivity index (χ0) is 18.4. The van der Waals surface area contributed by atoms with Crippen LogP contribution in [0.2, 0.25) is 0 Å². The molecule has 134 valence electrons. The summed E-state index contributed by atoms with van der Waals surface area (Å²) in [6.07, 6.45) is 0.973. The van der Waals surface area contributed by atoms with Crippen LogP contribution in [0.4, 0.5) is 5.13 Å². The molecule has 0 unspecified atom stereocenters. The molecule has 0 bridgehead atoms. The van der Waals surface area contributed by atoms with Crippen LogP contribution in [-0.2, 0) is 11.2 Å². The first-order valence-electron chi connectivity index (χ1n) is 8.29. The largest absolute Gasteiger partial charge is 0.497 e. The van der Waals surface area contributed by atoms with Gasteiger partial charge < -0.3 is 9.47 Å². The smallest absolute Gasteiger partial charge is 0.264 e. The third-order valence-corrected chi connectivity index (χ3v) is 4.58. The number of rotatable bonds is 7.